The molecule has 78 valence electrons. The molecule has 0 saturated heterocycles. The minimum atomic E-state index is -0.440. The zero-order valence-electron chi connectivity index (χ0n) is 7.62. The number of H-pyrrole nitrogens is 1. The largest absolute Gasteiger partial charge is 0.448 e. The predicted octanol–water partition coefficient (Wildman–Crippen LogP) is 0.917. The van der Waals surface area contributed by atoms with Crippen LogP contribution in [0, 0.1) is 0 Å². The van der Waals surface area contributed by atoms with Gasteiger partial charge >= 0.3 is 6.09 Å². The fraction of sp³-hybridized carbons (Fsp3) is 0.500. The van der Waals surface area contributed by atoms with Gasteiger partial charge in [-0.1, -0.05) is 0 Å². The summed E-state index contributed by atoms with van der Waals surface area (Å²) in [6.45, 7) is 0.751. The Kier molecular flexibility index (Phi) is 4.85. The normalized spacial score (nSPS) is 9.79. The minimum absolute atomic E-state index is 0.234. The lowest BCUT2D eigenvalue weighted by Crippen LogP contribution is -2.27. The number of rotatable bonds is 5. The summed E-state index contributed by atoms with van der Waals surface area (Å²) in [4.78, 5) is 17.7. The van der Waals surface area contributed by atoms with Crippen LogP contribution in [0.5, 0.6) is 0 Å². The number of halogens is 1. The molecule has 0 atom stereocenters. The summed E-state index contributed by atoms with van der Waals surface area (Å²) in [6, 6.07) is 0. The lowest BCUT2D eigenvalue weighted by molar-refractivity contribution is 0.153. The Morgan fingerprint density at radius 1 is 1.71 bits per heavy atom. The molecule has 14 heavy (non-hydrogen) atoms. The molecule has 0 fully saturated rings. The van der Waals surface area contributed by atoms with Crippen LogP contribution in [-0.4, -0.2) is 35.1 Å². The zero-order chi connectivity index (χ0) is 10.2. The van der Waals surface area contributed by atoms with Crippen molar-refractivity contribution in [3.63, 3.8) is 0 Å². The van der Waals surface area contributed by atoms with Gasteiger partial charge in [0.05, 0.1) is 12.2 Å². The molecule has 5 nitrogen and oxygen atoms in total. The van der Waals surface area contributed by atoms with Crippen molar-refractivity contribution < 1.29 is 9.53 Å². The molecular formula is C8H12ClN3O2. The average Bonchev–Trinajstić information content (AvgIpc) is 2.67. The highest BCUT2D eigenvalue weighted by molar-refractivity contribution is 6.18. The van der Waals surface area contributed by atoms with Crippen molar-refractivity contribution in [1.29, 1.82) is 0 Å². The number of alkyl halides is 1. The molecular weight excluding hydrogens is 206 g/mol. The summed E-state index contributed by atoms with van der Waals surface area (Å²) < 4.78 is 4.70. The van der Waals surface area contributed by atoms with E-state index in [2.05, 4.69) is 15.3 Å². The van der Waals surface area contributed by atoms with Gasteiger partial charge in [-0.3, -0.25) is 0 Å². The van der Waals surface area contributed by atoms with Crippen LogP contribution in [0.1, 0.15) is 5.69 Å². The third-order valence-electron chi connectivity index (χ3n) is 1.53. The highest BCUT2D eigenvalue weighted by Gasteiger charge is 2.00. The maximum absolute atomic E-state index is 10.9. The molecule has 0 aliphatic carbocycles. The number of hydrogen-bond acceptors (Lipinski definition) is 3. The number of carbonyl (C=O) groups excluding carboxylic acids is 1. The third-order valence-corrected chi connectivity index (χ3v) is 1.68. The maximum atomic E-state index is 10.9. The second-order valence-corrected chi connectivity index (χ2v) is 2.96. The number of carbonyl (C=O) groups is 1. The molecule has 1 aromatic rings. The minimum Gasteiger partial charge on any atom is -0.448 e. The van der Waals surface area contributed by atoms with E-state index < -0.39 is 6.09 Å². The van der Waals surface area contributed by atoms with Gasteiger partial charge in [-0.05, 0) is 0 Å². The molecule has 6 heteroatoms. The predicted molar refractivity (Wildman–Crippen MR) is 52.4 cm³/mol. The summed E-state index contributed by atoms with van der Waals surface area (Å²) in [6.07, 6.45) is 3.58. The second-order valence-electron chi connectivity index (χ2n) is 2.58. The average molecular weight is 218 g/mol. The molecule has 0 unspecified atom stereocenters. The van der Waals surface area contributed by atoms with Crippen LogP contribution in [0.4, 0.5) is 4.79 Å². The van der Waals surface area contributed by atoms with Crippen molar-refractivity contribution in [2.45, 2.75) is 6.42 Å². The molecule has 0 saturated carbocycles. The first-order valence-electron chi connectivity index (χ1n) is 4.27. The van der Waals surface area contributed by atoms with Crippen LogP contribution in [0.25, 0.3) is 0 Å². The van der Waals surface area contributed by atoms with E-state index in [-0.39, 0.29) is 6.61 Å². The van der Waals surface area contributed by atoms with Crippen LogP contribution < -0.4 is 5.32 Å². The Labute approximate surface area is 86.8 Å². The summed E-state index contributed by atoms with van der Waals surface area (Å²) in [5.74, 6) is 0.313. The second kappa shape index (κ2) is 6.26. The van der Waals surface area contributed by atoms with E-state index in [4.69, 9.17) is 16.3 Å². The van der Waals surface area contributed by atoms with Crippen LogP contribution >= 0.6 is 11.6 Å². The smallest absolute Gasteiger partial charge is 0.407 e. The number of imidazole rings is 1. The number of aromatic amines is 1. The van der Waals surface area contributed by atoms with E-state index in [1.54, 1.807) is 12.5 Å². The Bertz CT molecular complexity index is 264. The van der Waals surface area contributed by atoms with E-state index in [9.17, 15) is 4.79 Å². The van der Waals surface area contributed by atoms with Crippen molar-refractivity contribution in [2.24, 2.45) is 0 Å². The van der Waals surface area contributed by atoms with E-state index in [0.717, 1.165) is 5.69 Å². The van der Waals surface area contributed by atoms with Crippen LogP contribution in [0.3, 0.4) is 0 Å². The van der Waals surface area contributed by atoms with Crippen LogP contribution in [0.15, 0.2) is 12.5 Å². The molecule has 1 rings (SSSR count). The lowest BCUT2D eigenvalue weighted by atomic mass is 10.3. The third kappa shape index (κ3) is 4.13. The van der Waals surface area contributed by atoms with Crippen molar-refractivity contribution in [3.05, 3.63) is 18.2 Å². The number of nitrogens with zero attached hydrogens (tertiary/aromatic N) is 1. The Morgan fingerprint density at radius 2 is 2.57 bits per heavy atom. The molecule has 0 spiro atoms. The highest BCUT2D eigenvalue weighted by Crippen LogP contribution is 1.90. The lowest BCUT2D eigenvalue weighted by Gasteiger charge is -2.04. The molecule has 0 aliphatic heterocycles. The molecule has 0 aromatic carbocycles. The Balaban J connectivity index is 2.06. The molecule has 1 amide bonds. The first kappa shape index (κ1) is 10.8. The van der Waals surface area contributed by atoms with Crippen molar-refractivity contribution in [1.82, 2.24) is 15.3 Å². The van der Waals surface area contributed by atoms with Gasteiger partial charge in [-0.25, -0.2) is 9.78 Å². The SMILES string of the molecule is O=C(NCCc1cnc[nH]1)OCCCl. The molecule has 2 N–H and O–H groups in total. The summed E-state index contributed by atoms with van der Waals surface area (Å²) in [7, 11) is 0. The fourth-order valence-corrected chi connectivity index (χ4v) is 0.980. The molecule has 1 heterocycles. The number of ether oxygens (including phenoxy) is 1. The first-order chi connectivity index (χ1) is 6.83. The standard InChI is InChI=1S/C8H12ClN3O2/c9-2-4-14-8(13)11-3-1-7-5-10-6-12-7/h5-6H,1-4H2,(H,10,12)(H,11,13). The Hall–Kier alpha value is -1.23. The van der Waals surface area contributed by atoms with Crippen LogP contribution in [0.2, 0.25) is 0 Å². The topological polar surface area (TPSA) is 67.0 Å². The van der Waals surface area contributed by atoms with E-state index in [0.29, 0.717) is 18.8 Å². The Morgan fingerprint density at radius 3 is 3.21 bits per heavy atom. The number of aromatic nitrogens is 2. The molecule has 0 aliphatic rings. The van der Waals surface area contributed by atoms with Gasteiger partial charge in [0.2, 0.25) is 0 Å². The first-order valence-corrected chi connectivity index (χ1v) is 4.80. The van der Waals surface area contributed by atoms with E-state index >= 15 is 0 Å². The molecule has 0 bridgehead atoms. The molecule has 1 aromatic heterocycles. The van der Waals surface area contributed by atoms with Gasteiger partial charge < -0.3 is 15.0 Å². The van der Waals surface area contributed by atoms with Crippen molar-refractivity contribution in [2.75, 3.05) is 19.0 Å². The number of amides is 1. The van der Waals surface area contributed by atoms with E-state index in [1.165, 1.54) is 0 Å². The number of alkyl carbamates (subject to hydrolysis) is 1. The fourth-order valence-electron chi connectivity index (χ4n) is 0.903. The number of hydrogen-bond donors (Lipinski definition) is 2. The van der Waals surface area contributed by atoms with E-state index in [1.807, 2.05) is 0 Å². The summed E-state index contributed by atoms with van der Waals surface area (Å²) in [5, 5.41) is 2.59. The van der Waals surface area contributed by atoms with Gasteiger partial charge in [-0.2, -0.15) is 0 Å². The number of nitrogens with one attached hydrogen (secondary N) is 2. The van der Waals surface area contributed by atoms with Gasteiger partial charge in [0, 0.05) is 24.9 Å². The van der Waals surface area contributed by atoms with Crippen LogP contribution in [-0.2, 0) is 11.2 Å². The van der Waals surface area contributed by atoms with Gasteiger partial charge in [-0.15, -0.1) is 11.6 Å². The molecule has 0 radical (unpaired) electrons. The van der Waals surface area contributed by atoms with Gasteiger partial charge in [0.15, 0.2) is 0 Å². The van der Waals surface area contributed by atoms with Crippen molar-refractivity contribution in [3.8, 4) is 0 Å². The van der Waals surface area contributed by atoms with Gasteiger partial charge in [0.1, 0.15) is 6.61 Å². The quantitative estimate of drug-likeness (QED) is 0.721. The maximum Gasteiger partial charge on any atom is 0.407 e. The highest BCUT2D eigenvalue weighted by atomic mass is 35.5. The van der Waals surface area contributed by atoms with Gasteiger partial charge in [0.25, 0.3) is 0 Å². The summed E-state index contributed by atoms with van der Waals surface area (Å²) in [5.41, 5.74) is 0.975. The monoisotopic (exact) mass is 217 g/mol. The zero-order valence-corrected chi connectivity index (χ0v) is 8.38. The summed E-state index contributed by atoms with van der Waals surface area (Å²) >= 11 is 5.34. The van der Waals surface area contributed by atoms with Crippen molar-refractivity contribution >= 4 is 17.7 Å².